The number of benzene rings is 2. The highest BCUT2D eigenvalue weighted by Gasteiger charge is 2.14. The number of carbonyl (C=O) groups excluding carboxylic acids is 1. The van der Waals surface area contributed by atoms with Gasteiger partial charge in [-0.2, -0.15) is 0 Å². The highest BCUT2D eigenvalue weighted by Crippen LogP contribution is 2.21. The van der Waals surface area contributed by atoms with Crippen molar-refractivity contribution in [2.24, 2.45) is 0 Å². The standard InChI is InChI=1S/C19H22ClNO4/c1-13-7-8-16(12-18(13)20)24-10-9-21-19(22)14(2)25-17-6-4-5-15(11-17)23-3/h4-8,11-12,14H,9-10H2,1-3H3,(H,21,22)/t14-/m1/s1. The van der Waals surface area contributed by atoms with E-state index in [9.17, 15) is 4.79 Å². The largest absolute Gasteiger partial charge is 0.497 e. The zero-order valence-corrected chi connectivity index (χ0v) is 15.3. The molecule has 2 rings (SSSR count). The second-order valence-corrected chi connectivity index (χ2v) is 5.90. The van der Waals surface area contributed by atoms with E-state index >= 15 is 0 Å². The van der Waals surface area contributed by atoms with Crippen LogP contribution in [-0.2, 0) is 4.79 Å². The van der Waals surface area contributed by atoms with Gasteiger partial charge in [0.2, 0.25) is 0 Å². The van der Waals surface area contributed by atoms with Crippen molar-refractivity contribution < 1.29 is 19.0 Å². The minimum absolute atomic E-state index is 0.214. The molecule has 0 radical (unpaired) electrons. The number of hydrogen-bond donors (Lipinski definition) is 1. The first-order valence-corrected chi connectivity index (χ1v) is 8.35. The fourth-order valence-corrected chi connectivity index (χ4v) is 2.25. The minimum atomic E-state index is -0.624. The highest BCUT2D eigenvalue weighted by molar-refractivity contribution is 6.31. The lowest BCUT2D eigenvalue weighted by molar-refractivity contribution is -0.127. The van der Waals surface area contributed by atoms with Gasteiger partial charge in [-0.15, -0.1) is 0 Å². The molecule has 1 atom stereocenters. The summed E-state index contributed by atoms with van der Waals surface area (Å²) in [6.07, 6.45) is -0.624. The molecule has 0 fully saturated rings. The van der Waals surface area contributed by atoms with Gasteiger partial charge in [0, 0.05) is 11.1 Å². The number of rotatable bonds is 8. The molecule has 134 valence electrons. The van der Waals surface area contributed by atoms with Crippen molar-refractivity contribution in [1.29, 1.82) is 0 Å². The summed E-state index contributed by atoms with van der Waals surface area (Å²) in [7, 11) is 1.58. The van der Waals surface area contributed by atoms with E-state index in [1.54, 1.807) is 38.3 Å². The lowest BCUT2D eigenvalue weighted by Crippen LogP contribution is -2.38. The molecule has 0 aromatic heterocycles. The molecular formula is C19H22ClNO4. The number of carbonyl (C=O) groups is 1. The van der Waals surface area contributed by atoms with Gasteiger partial charge in [0.25, 0.3) is 5.91 Å². The third kappa shape index (κ3) is 5.87. The van der Waals surface area contributed by atoms with Crippen molar-refractivity contribution in [2.45, 2.75) is 20.0 Å². The molecule has 0 spiro atoms. The molecule has 1 N–H and O–H groups in total. The average Bonchev–Trinajstić information content (AvgIpc) is 2.61. The summed E-state index contributed by atoms with van der Waals surface area (Å²) in [5.41, 5.74) is 0.992. The molecule has 0 heterocycles. The normalized spacial score (nSPS) is 11.5. The summed E-state index contributed by atoms with van der Waals surface area (Å²) in [6, 6.07) is 12.6. The van der Waals surface area contributed by atoms with Crippen LogP contribution in [0.25, 0.3) is 0 Å². The third-order valence-corrected chi connectivity index (χ3v) is 3.94. The Labute approximate surface area is 152 Å². The minimum Gasteiger partial charge on any atom is -0.497 e. The molecule has 0 saturated heterocycles. The van der Waals surface area contributed by atoms with Crippen LogP contribution in [0.5, 0.6) is 17.2 Å². The Morgan fingerprint density at radius 1 is 1.16 bits per heavy atom. The van der Waals surface area contributed by atoms with E-state index in [2.05, 4.69) is 5.32 Å². The summed E-state index contributed by atoms with van der Waals surface area (Å²) in [4.78, 5) is 12.1. The van der Waals surface area contributed by atoms with Crippen molar-refractivity contribution in [3.05, 3.63) is 53.1 Å². The van der Waals surface area contributed by atoms with Gasteiger partial charge in [-0.05, 0) is 43.7 Å². The lowest BCUT2D eigenvalue weighted by Gasteiger charge is -2.15. The van der Waals surface area contributed by atoms with E-state index in [0.29, 0.717) is 35.4 Å². The summed E-state index contributed by atoms with van der Waals surface area (Å²) in [5.74, 6) is 1.71. The maximum absolute atomic E-state index is 12.1. The number of ether oxygens (including phenoxy) is 3. The summed E-state index contributed by atoms with van der Waals surface area (Å²) in [5, 5.41) is 3.43. The Bertz CT molecular complexity index is 720. The first-order chi connectivity index (χ1) is 12.0. The zero-order chi connectivity index (χ0) is 18.2. The van der Waals surface area contributed by atoms with Gasteiger partial charge >= 0.3 is 0 Å². The lowest BCUT2D eigenvalue weighted by atomic mass is 10.2. The molecule has 0 aliphatic heterocycles. The molecule has 2 aromatic rings. The monoisotopic (exact) mass is 363 g/mol. The fourth-order valence-electron chi connectivity index (χ4n) is 2.08. The number of aryl methyl sites for hydroxylation is 1. The average molecular weight is 364 g/mol. The zero-order valence-electron chi connectivity index (χ0n) is 14.5. The van der Waals surface area contributed by atoms with Crippen LogP contribution in [0.2, 0.25) is 5.02 Å². The summed E-state index contributed by atoms with van der Waals surface area (Å²) >= 11 is 6.04. The molecule has 1 amide bonds. The Kier molecular flexibility index (Phi) is 6.95. The van der Waals surface area contributed by atoms with E-state index in [1.807, 2.05) is 25.1 Å². The van der Waals surface area contributed by atoms with Crippen LogP contribution in [0, 0.1) is 6.92 Å². The van der Waals surface area contributed by atoms with Crippen LogP contribution < -0.4 is 19.5 Å². The molecule has 0 unspecified atom stereocenters. The van der Waals surface area contributed by atoms with Crippen LogP contribution in [0.1, 0.15) is 12.5 Å². The molecule has 2 aromatic carbocycles. The molecule has 0 aliphatic carbocycles. The molecule has 6 heteroatoms. The smallest absolute Gasteiger partial charge is 0.260 e. The SMILES string of the molecule is COc1cccc(O[C@H](C)C(=O)NCCOc2ccc(C)c(Cl)c2)c1. The third-order valence-electron chi connectivity index (χ3n) is 3.54. The fraction of sp³-hybridized carbons (Fsp3) is 0.316. The Hall–Kier alpha value is -2.40. The van der Waals surface area contributed by atoms with Gasteiger partial charge < -0.3 is 19.5 Å². The van der Waals surface area contributed by atoms with E-state index in [1.165, 1.54) is 0 Å². The van der Waals surface area contributed by atoms with E-state index in [4.69, 9.17) is 25.8 Å². The van der Waals surface area contributed by atoms with Gasteiger partial charge in [0.1, 0.15) is 23.9 Å². The Morgan fingerprint density at radius 3 is 2.64 bits per heavy atom. The first-order valence-electron chi connectivity index (χ1n) is 7.97. The molecule has 5 nitrogen and oxygen atoms in total. The maximum Gasteiger partial charge on any atom is 0.260 e. The number of amides is 1. The number of methoxy groups -OCH3 is 1. The van der Waals surface area contributed by atoms with Crippen molar-refractivity contribution >= 4 is 17.5 Å². The summed E-state index contributed by atoms with van der Waals surface area (Å²) < 4.78 is 16.3. The van der Waals surface area contributed by atoms with Crippen LogP contribution in [0.15, 0.2) is 42.5 Å². The molecular weight excluding hydrogens is 342 g/mol. The topological polar surface area (TPSA) is 56.8 Å². The van der Waals surface area contributed by atoms with Gasteiger partial charge in [-0.1, -0.05) is 23.7 Å². The van der Waals surface area contributed by atoms with Gasteiger partial charge in [-0.3, -0.25) is 4.79 Å². The van der Waals surface area contributed by atoms with E-state index < -0.39 is 6.10 Å². The van der Waals surface area contributed by atoms with Crippen molar-refractivity contribution in [1.82, 2.24) is 5.32 Å². The van der Waals surface area contributed by atoms with Crippen LogP contribution >= 0.6 is 11.6 Å². The van der Waals surface area contributed by atoms with Crippen LogP contribution in [-0.4, -0.2) is 32.3 Å². The van der Waals surface area contributed by atoms with E-state index in [0.717, 1.165) is 5.56 Å². The quantitative estimate of drug-likeness (QED) is 0.728. The van der Waals surface area contributed by atoms with Crippen molar-refractivity contribution in [2.75, 3.05) is 20.3 Å². The Morgan fingerprint density at radius 2 is 1.92 bits per heavy atom. The highest BCUT2D eigenvalue weighted by atomic mass is 35.5. The molecule has 0 bridgehead atoms. The summed E-state index contributed by atoms with van der Waals surface area (Å²) in [6.45, 7) is 4.33. The van der Waals surface area contributed by atoms with Gasteiger partial charge in [0.15, 0.2) is 6.10 Å². The second kappa shape index (κ2) is 9.18. The van der Waals surface area contributed by atoms with Crippen LogP contribution in [0.4, 0.5) is 0 Å². The molecule has 0 saturated carbocycles. The number of hydrogen-bond acceptors (Lipinski definition) is 4. The number of halogens is 1. The van der Waals surface area contributed by atoms with Crippen molar-refractivity contribution in [3.8, 4) is 17.2 Å². The molecule has 0 aliphatic rings. The first kappa shape index (κ1) is 18.9. The second-order valence-electron chi connectivity index (χ2n) is 5.49. The van der Waals surface area contributed by atoms with Crippen molar-refractivity contribution in [3.63, 3.8) is 0 Å². The van der Waals surface area contributed by atoms with Gasteiger partial charge in [-0.25, -0.2) is 0 Å². The van der Waals surface area contributed by atoms with E-state index in [-0.39, 0.29) is 5.91 Å². The predicted molar refractivity (Wildman–Crippen MR) is 97.8 cm³/mol. The predicted octanol–water partition coefficient (Wildman–Crippen LogP) is 3.62. The van der Waals surface area contributed by atoms with Gasteiger partial charge in [0.05, 0.1) is 13.7 Å². The molecule has 25 heavy (non-hydrogen) atoms. The maximum atomic E-state index is 12.1. The van der Waals surface area contributed by atoms with Crippen LogP contribution in [0.3, 0.4) is 0 Å². The number of nitrogens with one attached hydrogen (secondary N) is 1. The Balaban J connectivity index is 1.74.